The van der Waals surface area contributed by atoms with Gasteiger partial charge in [-0.2, -0.15) is 0 Å². The third-order valence-electron chi connectivity index (χ3n) is 3.50. The standard InChI is InChI=1S/C16H24N2O3/c1-4-7-13(15(19)20)10-17-16(21)18-12(3)14-9-6-5-8-11(14)2/h5-6,8-9,12-13H,4,7,10H2,1-3H3,(H,19,20)(H2,17,18,21). The van der Waals surface area contributed by atoms with Gasteiger partial charge < -0.3 is 15.7 Å². The van der Waals surface area contributed by atoms with Gasteiger partial charge in [-0.15, -0.1) is 0 Å². The number of hydrogen-bond acceptors (Lipinski definition) is 2. The van der Waals surface area contributed by atoms with E-state index in [1.807, 2.05) is 45.0 Å². The van der Waals surface area contributed by atoms with Gasteiger partial charge in [0, 0.05) is 6.54 Å². The van der Waals surface area contributed by atoms with E-state index >= 15 is 0 Å². The maximum Gasteiger partial charge on any atom is 0.315 e. The Morgan fingerprint density at radius 1 is 1.29 bits per heavy atom. The van der Waals surface area contributed by atoms with E-state index in [4.69, 9.17) is 5.11 Å². The molecule has 3 N–H and O–H groups in total. The number of amides is 2. The minimum atomic E-state index is -0.871. The lowest BCUT2D eigenvalue weighted by molar-refractivity contribution is -0.141. The molecule has 5 nitrogen and oxygen atoms in total. The van der Waals surface area contributed by atoms with Gasteiger partial charge in [-0.05, 0) is 31.4 Å². The normalized spacial score (nSPS) is 13.3. The van der Waals surface area contributed by atoms with Crippen molar-refractivity contribution in [2.24, 2.45) is 5.92 Å². The van der Waals surface area contributed by atoms with Crippen LogP contribution in [0, 0.1) is 12.8 Å². The first-order valence-electron chi connectivity index (χ1n) is 7.28. The van der Waals surface area contributed by atoms with Gasteiger partial charge in [0.25, 0.3) is 0 Å². The predicted molar refractivity (Wildman–Crippen MR) is 82.2 cm³/mol. The van der Waals surface area contributed by atoms with Gasteiger partial charge in [0.15, 0.2) is 0 Å². The van der Waals surface area contributed by atoms with Crippen molar-refractivity contribution < 1.29 is 14.7 Å². The first kappa shape index (κ1) is 17.0. The number of carboxylic acids is 1. The molecule has 1 rings (SSSR count). The lowest BCUT2D eigenvalue weighted by Crippen LogP contribution is -2.41. The van der Waals surface area contributed by atoms with E-state index < -0.39 is 11.9 Å². The molecule has 1 aromatic rings. The van der Waals surface area contributed by atoms with Crippen LogP contribution in [0.1, 0.15) is 43.9 Å². The summed E-state index contributed by atoms with van der Waals surface area (Å²) in [6.45, 7) is 5.97. The molecule has 1 aromatic carbocycles. The quantitative estimate of drug-likeness (QED) is 0.723. The van der Waals surface area contributed by atoms with Crippen LogP contribution in [0.5, 0.6) is 0 Å². The molecule has 0 saturated carbocycles. The second-order valence-electron chi connectivity index (χ2n) is 5.26. The molecule has 116 valence electrons. The summed E-state index contributed by atoms with van der Waals surface area (Å²) in [6, 6.07) is 7.38. The Balaban J connectivity index is 2.50. The largest absolute Gasteiger partial charge is 0.481 e. The molecule has 21 heavy (non-hydrogen) atoms. The van der Waals surface area contributed by atoms with E-state index in [0.717, 1.165) is 17.5 Å². The van der Waals surface area contributed by atoms with Crippen molar-refractivity contribution in [3.8, 4) is 0 Å². The molecule has 0 aliphatic carbocycles. The van der Waals surface area contributed by atoms with Crippen LogP contribution >= 0.6 is 0 Å². The monoisotopic (exact) mass is 292 g/mol. The number of rotatable bonds is 7. The summed E-state index contributed by atoms with van der Waals surface area (Å²) in [4.78, 5) is 22.9. The molecule has 0 aromatic heterocycles. The highest BCUT2D eigenvalue weighted by Crippen LogP contribution is 2.16. The van der Waals surface area contributed by atoms with Gasteiger partial charge >= 0.3 is 12.0 Å². The zero-order valence-corrected chi connectivity index (χ0v) is 12.8. The van der Waals surface area contributed by atoms with Crippen LogP contribution in [-0.2, 0) is 4.79 Å². The highest BCUT2D eigenvalue weighted by molar-refractivity contribution is 5.76. The molecule has 0 aliphatic rings. The topological polar surface area (TPSA) is 78.4 Å². The first-order chi connectivity index (χ1) is 9.95. The molecular formula is C16H24N2O3. The molecule has 0 bridgehead atoms. The average molecular weight is 292 g/mol. The number of nitrogens with one attached hydrogen (secondary N) is 2. The van der Waals surface area contributed by atoms with Gasteiger partial charge in [-0.25, -0.2) is 4.79 Å². The number of carbonyl (C=O) groups is 2. The van der Waals surface area contributed by atoms with Crippen LogP contribution < -0.4 is 10.6 Å². The molecular weight excluding hydrogens is 268 g/mol. The Kier molecular flexibility index (Phi) is 6.72. The molecule has 2 unspecified atom stereocenters. The SMILES string of the molecule is CCCC(CNC(=O)NC(C)c1ccccc1C)C(=O)O. The van der Waals surface area contributed by atoms with Gasteiger partial charge in [0.1, 0.15) is 0 Å². The lowest BCUT2D eigenvalue weighted by atomic mass is 10.0. The molecule has 0 saturated heterocycles. The Bertz CT molecular complexity index is 488. The van der Waals surface area contributed by atoms with Crippen molar-refractivity contribution in [3.05, 3.63) is 35.4 Å². The lowest BCUT2D eigenvalue weighted by Gasteiger charge is -2.18. The van der Waals surface area contributed by atoms with E-state index in [2.05, 4.69) is 10.6 Å². The van der Waals surface area contributed by atoms with E-state index in [0.29, 0.717) is 6.42 Å². The third-order valence-corrected chi connectivity index (χ3v) is 3.50. The second-order valence-corrected chi connectivity index (χ2v) is 5.26. The van der Waals surface area contributed by atoms with Gasteiger partial charge in [-0.3, -0.25) is 4.79 Å². The van der Waals surface area contributed by atoms with Crippen LogP contribution in [-0.4, -0.2) is 23.7 Å². The summed E-state index contributed by atoms with van der Waals surface area (Å²) in [6.07, 6.45) is 1.34. The highest BCUT2D eigenvalue weighted by Gasteiger charge is 2.18. The Morgan fingerprint density at radius 2 is 1.95 bits per heavy atom. The summed E-state index contributed by atoms with van der Waals surface area (Å²) < 4.78 is 0. The van der Waals surface area contributed by atoms with E-state index in [-0.39, 0.29) is 18.6 Å². The van der Waals surface area contributed by atoms with E-state index in [9.17, 15) is 9.59 Å². The maximum absolute atomic E-state index is 11.9. The van der Waals surface area contributed by atoms with E-state index in [1.165, 1.54) is 0 Å². The number of carbonyl (C=O) groups excluding carboxylic acids is 1. The second kappa shape index (κ2) is 8.29. The minimum Gasteiger partial charge on any atom is -0.481 e. The number of aryl methyl sites for hydroxylation is 1. The summed E-state index contributed by atoms with van der Waals surface area (Å²) in [7, 11) is 0. The molecule has 5 heteroatoms. The van der Waals surface area contributed by atoms with Crippen LogP contribution in [0.3, 0.4) is 0 Å². The van der Waals surface area contributed by atoms with Crippen LogP contribution in [0.2, 0.25) is 0 Å². The zero-order valence-electron chi connectivity index (χ0n) is 12.8. The minimum absolute atomic E-state index is 0.124. The Morgan fingerprint density at radius 3 is 2.52 bits per heavy atom. The Labute approximate surface area is 125 Å². The summed E-state index contributed by atoms with van der Waals surface area (Å²) >= 11 is 0. The van der Waals surface area contributed by atoms with Crippen LogP contribution in [0.25, 0.3) is 0 Å². The van der Waals surface area contributed by atoms with Crippen molar-refractivity contribution >= 4 is 12.0 Å². The summed E-state index contributed by atoms with van der Waals surface area (Å²) in [5, 5.41) is 14.5. The molecule has 0 heterocycles. The molecule has 0 spiro atoms. The number of benzene rings is 1. The van der Waals surface area contributed by atoms with Crippen molar-refractivity contribution in [3.63, 3.8) is 0 Å². The smallest absolute Gasteiger partial charge is 0.315 e. The van der Waals surface area contributed by atoms with Gasteiger partial charge in [0.2, 0.25) is 0 Å². The van der Waals surface area contributed by atoms with Crippen LogP contribution in [0.4, 0.5) is 4.79 Å². The first-order valence-corrected chi connectivity index (χ1v) is 7.28. The Hall–Kier alpha value is -2.04. The van der Waals surface area contributed by atoms with Crippen molar-refractivity contribution in [2.75, 3.05) is 6.54 Å². The molecule has 0 radical (unpaired) electrons. The van der Waals surface area contributed by atoms with Crippen LogP contribution in [0.15, 0.2) is 24.3 Å². The molecule has 0 aliphatic heterocycles. The molecule has 0 fully saturated rings. The summed E-state index contributed by atoms with van der Waals surface area (Å²) in [5.41, 5.74) is 2.16. The fraction of sp³-hybridized carbons (Fsp3) is 0.500. The van der Waals surface area contributed by atoms with Crippen molar-refractivity contribution in [1.82, 2.24) is 10.6 Å². The number of hydrogen-bond donors (Lipinski definition) is 3. The van der Waals surface area contributed by atoms with Gasteiger partial charge in [-0.1, -0.05) is 37.6 Å². The predicted octanol–water partition coefficient (Wildman–Crippen LogP) is 2.86. The number of carboxylic acid groups (broad SMARTS) is 1. The molecule has 2 atom stereocenters. The van der Waals surface area contributed by atoms with E-state index in [1.54, 1.807) is 0 Å². The highest BCUT2D eigenvalue weighted by atomic mass is 16.4. The fourth-order valence-corrected chi connectivity index (χ4v) is 2.28. The van der Waals surface area contributed by atoms with Gasteiger partial charge in [0.05, 0.1) is 12.0 Å². The third kappa shape index (κ3) is 5.45. The summed E-state index contributed by atoms with van der Waals surface area (Å²) in [5.74, 6) is -1.40. The number of aliphatic carboxylic acids is 1. The number of urea groups is 1. The fourth-order valence-electron chi connectivity index (χ4n) is 2.28. The average Bonchev–Trinajstić information content (AvgIpc) is 2.43. The maximum atomic E-state index is 11.9. The molecule has 2 amide bonds. The van der Waals surface area contributed by atoms with Crippen molar-refractivity contribution in [1.29, 1.82) is 0 Å². The van der Waals surface area contributed by atoms with Crippen molar-refractivity contribution in [2.45, 2.75) is 39.7 Å². The zero-order chi connectivity index (χ0) is 15.8.